The van der Waals surface area contributed by atoms with E-state index in [2.05, 4.69) is 15.5 Å². The smallest absolute Gasteiger partial charge is 0.246 e. The highest BCUT2D eigenvalue weighted by molar-refractivity contribution is 5.90. The van der Waals surface area contributed by atoms with Crippen molar-refractivity contribution in [1.29, 1.82) is 0 Å². The van der Waals surface area contributed by atoms with Gasteiger partial charge in [0, 0.05) is 13.0 Å². The summed E-state index contributed by atoms with van der Waals surface area (Å²) in [5.41, 5.74) is 0. The molecule has 1 aliphatic heterocycles. The molecule has 1 aromatic heterocycles. The van der Waals surface area contributed by atoms with E-state index in [1.807, 2.05) is 0 Å². The van der Waals surface area contributed by atoms with Crippen molar-refractivity contribution in [3.8, 4) is 0 Å². The van der Waals surface area contributed by atoms with Crippen LogP contribution in [0.5, 0.6) is 0 Å². The summed E-state index contributed by atoms with van der Waals surface area (Å²) >= 11 is 0. The summed E-state index contributed by atoms with van der Waals surface area (Å²) < 4.78 is 5.03. The molecular weight excluding hydrogens is 248 g/mol. The van der Waals surface area contributed by atoms with Crippen molar-refractivity contribution in [2.24, 2.45) is 5.92 Å². The number of carbonyl (C=O) groups excluding carboxylic acids is 2. The molecule has 1 unspecified atom stereocenters. The number of amides is 2. The third-order valence-electron chi connectivity index (χ3n) is 3.49. The van der Waals surface area contributed by atoms with Gasteiger partial charge in [-0.25, -0.2) is 0 Å². The molecule has 7 nitrogen and oxygen atoms in total. The van der Waals surface area contributed by atoms with Crippen LogP contribution in [-0.4, -0.2) is 39.4 Å². The molecule has 2 heterocycles. The second-order valence-electron chi connectivity index (χ2n) is 5.13. The molecule has 2 aliphatic rings. The Kier molecular flexibility index (Phi) is 2.96. The van der Waals surface area contributed by atoms with Gasteiger partial charge in [0.05, 0.1) is 0 Å². The molecule has 3 rings (SSSR count). The number of hydrogen-bond acceptors (Lipinski definition) is 5. The molecule has 0 bridgehead atoms. The van der Waals surface area contributed by atoms with Gasteiger partial charge >= 0.3 is 0 Å². The number of nitrogens with zero attached hydrogens (tertiary/aromatic N) is 3. The van der Waals surface area contributed by atoms with Crippen LogP contribution in [0.1, 0.15) is 31.0 Å². The monoisotopic (exact) mass is 264 g/mol. The topological polar surface area (TPSA) is 88.3 Å². The summed E-state index contributed by atoms with van der Waals surface area (Å²) in [4.78, 5) is 29.8. The Morgan fingerprint density at radius 3 is 2.84 bits per heavy atom. The fraction of sp³-hybridized carbons (Fsp3) is 0.667. The van der Waals surface area contributed by atoms with Gasteiger partial charge in [-0.15, -0.1) is 0 Å². The first-order chi connectivity index (χ1) is 9.13. The number of hydrogen-bond donors (Lipinski definition) is 1. The molecule has 0 spiro atoms. The van der Waals surface area contributed by atoms with Crippen molar-refractivity contribution in [3.05, 3.63) is 11.7 Å². The molecule has 1 aliphatic carbocycles. The van der Waals surface area contributed by atoms with Crippen molar-refractivity contribution in [1.82, 2.24) is 20.4 Å². The van der Waals surface area contributed by atoms with E-state index in [0.29, 0.717) is 30.6 Å². The van der Waals surface area contributed by atoms with Crippen LogP contribution in [0.15, 0.2) is 4.52 Å². The number of aryl methyl sites for hydroxylation is 1. The predicted molar refractivity (Wildman–Crippen MR) is 63.7 cm³/mol. The zero-order chi connectivity index (χ0) is 13.4. The van der Waals surface area contributed by atoms with Crippen molar-refractivity contribution in [2.45, 2.75) is 38.8 Å². The average molecular weight is 264 g/mol. The van der Waals surface area contributed by atoms with Gasteiger partial charge < -0.3 is 14.7 Å². The summed E-state index contributed by atoms with van der Waals surface area (Å²) in [6.45, 7) is 2.41. The zero-order valence-electron chi connectivity index (χ0n) is 10.8. The Morgan fingerprint density at radius 2 is 2.21 bits per heavy atom. The molecule has 1 N–H and O–H groups in total. The highest BCUT2D eigenvalue weighted by atomic mass is 16.5. The van der Waals surface area contributed by atoms with E-state index in [9.17, 15) is 9.59 Å². The van der Waals surface area contributed by atoms with Crippen molar-refractivity contribution < 1.29 is 14.1 Å². The van der Waals surface area contributed by atoms with E-state index in [1.54, 1.807) is 11.8 Å². The molecule has 1 atom stereocenters. The van der Waals surface area contributed by atoms with E-state index < -0.39 is 0 Å². The minimum absolute atomic E-state index is 0.0378. The first kappa shape index (κ1) is 12.1. The summed E-state index contributed by atoms with van der Waals surface area (Å²) in [5, 5.41) is 6.52. The van der Waals surface area contributed by atoms with Gasteiger partial charge in [-0.2, -0.15) is 4.98 Å². The normalized spacial score (nSPS) is 24.3. The molecule has 2 fully saturated rings. The van der Waals surface area contributed by atoms with Gasteiger partial charge in [0.1, 0.15) is 12.6 Å². The predicted octanol–water partition coefficient (Wildman–Crippen LogP) is 0.00512. The third kappa shape index (κ3) is 2.59. The Labute approximate surface area is 110 Å². The lowest BCUT2D eigenvalue weighted by Gasteiger charge is -2.22. The number of carbonyl (C=O) groups is 2. The van der Waals surface area contributed by atoms with Crippen LogP contribution in [-0.2, 0) is 16.1 Å². The van der Waals surface area contributed by atoms with Gasteiger partial charge in [0.25, 0.3) is 0 Å². The molecular formula is C12H16N4O3. The van der Waals surface area contributed by atoms with Crippen molar-refractivity contribution >= 4 is 11.8 Å². The Balaban J connectivity index is 1.75. The molecule has 1 saturated heterocycles. The van der Waals surface area contributed by atoms with Gasteiger partial charge in [0.2, 0.25) is 17.7 Å². The maximum absolute atomic E-state index is 12.4. The lowest BCUT2D eigenvalue weighted by atomic mass is 10.1. The minimum atomic E-state index is -0.376. The summed E-state index contributed by atoms with van der Waals surface area (Å²) in [6, 6.07) is -0.376. The van der Waals surface area contributed by atoms with Crippen LogP contribution in [0, 0.1) is 12.8 Å². The standard InChI is InChI=1S/C12H16N4O3/c1-7-13-10(19-15-7)6-16-5-4-9(17)14-11(12(16)18)8-2-3-8/h8,11H,2-6H2,1H3,(H,14,17). The van der Waals surface area contributed by atoms with E-state index in [4.69, 9.17) is 4.52 Å². The van der Waals surface area contributed by atoms with Crippen LogP contribution >= 0.6 is 0 Å². The minimum Gasteiger partial charge on any atom is -0.344 e. The third-order valence-corrected chi connectivity index (χ3v) is 3.49. The van der Waals surface area contributed by atoms with Crippen LogP contribution in [0.4, 0.5) is 0 Å². The largest absolute Gasteiger partial charge is 0.344 e. The zero-order valence-corrected chi connectivity index (χ0v) is 10.8. The molecule has 2 amide bonds. The maximum atomic E-state index is 12.4. The highest BCUT2D eigenvalue weighted by Crippen LogP contribution is 2.34. The number of rotatable bonds is 3. The Bertz CT molecular complexity index is 509. The SMILES string of the molecule is Cc1noc(CN2CCC(=O)NC(C3CC3)C2=O)n1. The van der Waals surface area contributed by atoms with Crippen LogP contribution < -0.4 is 5.32 Å². The quantitative estimate of drug-likeness (QED) is 0.830. The molecule has 102 valence electrons. The summed E-state index contributed by atoms with van der Waals surface area (Å²) in [5.74, 6) is 1.15. The van der Waals surface area contributed by atoms with Gasteiger partial charge in [-0.1, -0.05) is 5.16 Å². The first-order valence-corrected chi connectivity index (χ1v) is 6.51. The lowest BCUT2D eigenvalue weighted by Crippen LogP contribution is -2.45. The Hall–Kier alpha value is -1.92. The fourth-order valence-electron chi connectivity index (χ4n) is 2.32. The van der Waals surface area contributed by atoms with Crippen LogP contribution in [0.2, 0.25) is 0 Å². The van der Waals surface area contributed by atoms with Gasteiger partial charge in [0.15, 0.2) is 5.82 Å². The van der Waals surface area contributed by atoms with Crippen LogP contribution in [0.25, 0.3) is 0 Å². The molecule has 0 aromatic carbocycles. The molecule has 1 aromatic rings. The van der Waals surface area contributed by atoms with Gasteiger partial charge in [-0.3, -0.25) is 9.59 Å². The fourth-order valence-corrected chi connectivity index (χ4v) is 2.32. The van der Waals surface area contributed by atoms with Crippen molar-refractivity contribution in [3.63, 3.8) is 0 Å². The Morgan fingerprint density at radius 1 is 1.42 bits per heavy atom. The van der Waals surface area contributed by atoms with Crippen LogP contribution in [0.3, 0.4) is 0 Å². The molecule has 1 saturated carbocycles. The maximum Gasteiger partial charge on any atom is 0.246 e. The second kappa shape index (κ2) is 4.64. The van der Waals surface area contributed by atoms with E-state index in [0.717, 1.165) is 12.8 Å². The summed E-state index contributed by atoms with van der Waals surface area (Å²) in [6.07, 6.45) is 2.33. The summed E-state index contributed by atoms with van der Waals surface area (Å²) in [7, 11) is 0. The number of aromatic nitrogens is 2. The molecule has 19 heavy (non-hydrogen) atoms. The number of nitrogens with one attached hydrogen (secondary N) is 1. The van der Waals surface area contributed by atoms with Gasteiger partial charge in [-0.05, 0) is 25.7 Å². The first-order valence-electron chi connectivity index (χ1n) is 6.51. The molecule has 0 radical (unpaired) electrons. The van der Waals surface area contributed by atoms with Crippen molar-refractivity contribution in [2.75, 3.05) is 6.54 Å². The molecule has 7 heteroatoms. The highest BCUT2D eigenvalue weighted by Gasteiger charge is 2.41. The lowest BCUT2D eigenvalue weighted by molar-refractivity contribution is -0.134. The van der Waals surface area contributed by atoms with E-state index in [1.165, 1.54) is 0 Å². The average Bonchev–Trinajstić information content (AvgIpc) is 3.14. The second-order valence-corrected chi connectivity index (χ2v) is 5.13. The van der Waals surface area contributed by atoms with E-state index >= 15 is 0 Å². The van der Waals surface area contributed by atoms with E-state index in [-0.39, 0.29) is 24.4 Å².